The summed E-state index contributed by atoms with van der Waals surface area (Å²) in [5.41, 5.74) is -0.858. The van der Waals surface area contributed by atoms with E-state index in [0.29, 0.717) is 23.6 Å². The van der Waals surface area contributed by atoms with Crippen molar-refractivity contribution in [1.29, 1.82) is 0 Å². The molecule has 1 saturated heterocycles. The highest BCUT2D eigenvalue weighted by atomic mass is 19.4. The van der Waals surface area contributed by atoms with Crippen LogP contribution in [-0.2, 0) is 10.9 Å². The second-order valence-electron chi connectivity index (χ2n) is 8.28. The summed E-state index contributed by atoms with van der Waals surface area (Å²) in [6, 6.07) is 7.26. The van der Waals surface area contributed by atoms with Gasteiger partial charge in [-0.05, 0) is 50.2 Å². The van der Waals surface area contributed by atoms with E-state index in [-0.39, 0.29) is 36.0 Å². The first-order valence-corrected chi connectivity index (χ1v) is 10.9. The number of carbonyl (C=O) groups is 1. The lowest BCUT2D eigenvalue weighted by Crippen LogP contribution is -2.51. The number of carbonyl (C=O) groups excluding carboxylic acids is 1. The van der Waals surface area contributed by atoms with Gasteiger partial charge in [-0.2, -0.15) is 13.2 Å². The van der Waals surface area contributed by atoms with Crippen LogP contribution < -0.4 is 25.7 Å². The maximum Gasteiger partial charge on any atom is 0.420 e. The summed E-state index contributed by atoms with van der Waals surface area (Å²) in [6.45, 7) is 4.12. The zero-order valence-corrected chi connectivity index (χ0v) is 19.4. The molecule has 9 nitrogen and oxygen atoms in total. The highest BCUT2D eigenvalue weighted by Gasteiger charge is 2.40. The molecule has 0 aliphatic carbocycles. The summed E-state index contributed by atoms with van der Waals surface area (Å²) >= 11 is 0. The van der Waals surface area contributed by atoms with Crippen molar-refractivity contribution in [3.63, 3.8) is 0 Å². The van der Waals surface area contributed by atoms with Crippen molar-refractivity contribution in [1.82, 2.24) is 9.97 Å². The number of benzene rings is 1. The van der Waals surface area contributed by atoms with Crippen LogP contribution in [0.15, 0.2) is 53.6 Å². The number of hydrogen-bond donors (Lipinski definition) is 3. The molecule has 36 heavy (non-hydrogen) atoms. The predicted molar refractivity (Wildman–Crippen MR) is 125 cm³/mol. The Balaban J connectivity index is 1.44. The number of aromatic nitrogens is 2. The number of alkyl halides is 3. The topological polar surface area (TPSA) is 115 Å². The molecule has 190 valence electrons. The zero-order valence-electron chi connectivity index (χ0n) is 19.4. The molecule has 3 N–H and O–H groups in total. The Labute approximate surface area is 203 Å². The molecule has 0 atom stereocenters. The van der Waals surface area contributed by atoms with Gasteiger partial charge in [0.2, 0.25) is 0 Å². The van der Waals surface area contributed by atoms with Gasteiger partial charge in [-0.25, -0.2) is 4.79 Å². The SMILES string of the molecule is CCOc1cc(-c2ccc(NC(=O)Nc3ccc(OC4(C)COC4)c(C(F)(F)F)c3)cn2)c[nH]c1=O. The normalized spacial score (nSPS) is 14.5. The summed E-state index contributed by atoms with van der Waals surface area (Å²) in [4.78, 5) is 31.0. The van der Waals surface area contributed by atoms with Gasteiger partial charge >= 0.3 is 12.2 Å². The van der Waals surface area contributed by atoms with Crippen LogP contribution in [0.1, 0.15) is 19.4 Å². The monoisotopic (exact) mass is 504 g/mol. The lowest BCUT2D eigenvalue weighted by atomic mass is 10.0. The molecule has 3 aromatic rings. The van der Waals surface area contributed by atoms with E-state index < -0.39 is 23.4 Å². The van der Waals surface area contributed by atoms with Crippen LogP contribution in [0.5, 0.6) is 11.5 Å². The molecular weight excluding hydrogens is 481 g/mol. The average molecular weight is 504 g/mol. The molecule has 4 rings (SSSR count). The number of anilines is 2. The van der Waals surface area contributed by atoms with E-state index >= 15 is 0 Å². The number of hydrogen-bond acceptors (Lipinski definition) is 6. The van der Waals surface area contributed by atoms with E-state index in [1.54, 1.807) is 32.0 Å². The van der Waals surface area contributed by atoms with Gasteiger partial charge in [0.05, 0.1) is 43.0 Å². The zero-order chi connectivity index (χ0) is 25.9. The minimum atomic E-state index is -4.69. The number of halogens is 3. The first-order valence-electron chi connectivity index (χ1n) is 10.9. The maximum absolute atomic E-state index is 13.6. The fourth-order valence-corrected chi connectivity index (χ4v) is 3.44. The molecule has 1 aliphatic heterocycles. The number of pyridine rings is 2. The molecule has 2 aromatic heterocycles. The van der Waals surface area contributed by atoms with Gasteiger partial charge in [0.1, 0.15) is 5.75 Å². The molecule has 1 fully saturated rings. The van der Waals surface area contributed by atoms with Gasteiger partial charge in [-0.15, -0.1) is 0 Å². The second kappa shape index (κ2) is 9.90. The third-order valence-electron chi connectivity index (χ3n) is 5.20. The molecule has 0 radical (unpaired) electrons. The van der Waals surface area contributed by atoms with E-state index in [2.05, 4.69) is 20.6 Å². The molecule has 0 saturated carbocycles. The van der Waals surface area contributed by atoms with Crippen molar-refractivity contribution in [2.75, 3.05) is 30.5 Å². The first kappa shape index (κ1) is 25.0. The number of H-pyrrole nitrogens is 1. The van der Waals surface area contributed by atoms with Crippen LogP contribution in [0.4, 0.5) is 29.3 Å². The summed E-state index contributed by atoms with van der Waals surface area (Å²) in [6.07, 6.45) is -1.83. The van der Waals surface area contributed by atoms with Crippen LogP contribution >= 0.6 is 0 Å². The molecule has 1 aliphatic rings. The molecule has 1 aromatic carbocycles. The number of nitrogens with one attached hydrogen (secondary N) is 3. The minimum Gasteiger partial charge on any atom is -0.488 e. The Morgan fingerprint density at radius 3 is 2.47 bits per heavy atom. The van der Waals surface area contributed by atoms with E-state index in [9.17, 15) is 22.8 Å². The van der Waals surface area contributed by atoms with Crippen molar-refractivity contribution >= 4 is 17.4 Å². The largest absolute Gasteiger partial charge is 0.488 e. The van der Waals surface area contributed by atoms with Gasteiger partial charge in [0.25, 0.3) is 5.56 Å². The second-order valence-corrected chi connectivity index (χ2v) is 8.28. The van der Waals surface area contributed by atoms with Gasteiger partial charge in [-0.3, -0.25) is 9.78 Å². The molecule has 0 spiro atoms. The van der Waals surface area contributed by atoms with Crippen LogP contribution in [0.25, 0.3) is 11.3 Å². The Kier molecular flexibility index (Phi) is 6.88. The standard InChI is InChI=1S/C24H23F3N4O5/c1-3-35-20-8-14(10-29-21(20)32)18-6-4-16(11-28-18)31-22(33)30-15-5-7-19(17(9-15)24(25,26)27)36-23(2)12-34-13-23/h4-11H,3,12-13H2,1-2H3,(H,29,32)(H2,30,31,33). The fraction of sp³-hybridized carbons (Fsp3) is 0.292. The summed E-state index contributed by atoms with van der Waals surface area (Å²) in [5.74, 6) is -0.183. The molecule has 0 bridgehead atoms. The summed E-state index contributed by atoms with van der Waals surface area (Å²) in [5, 5.41) is 4.90. The van der Waals surface area contributed by atoms with Gasteiger partial charge in [0.15, 0.2) is 11.4 Å². The highest BCUT2D eigenvalue weighted by molar-refractivity contribution is 5.99. The first-order chi connectivity index (χ1) is 17.1. The number of ether oxygens (including phenoxy) is 3. The van der Waals surface area contributed by atoms with Crippen molar-refractivity contribution in [3.8, 4) is 22.8 Å². The van der Waals surface area contributed by atoms with Gasteiger partial charge < -0.3 is 29.8 Å². The third kappa shape index (κ3) is 5.77. The Morgan fingerprint density at radius 2 is 1.86 bits per heavy atom. The van der Waals surface area contributed by atoms with Crippen LogP contribution in [0.2, 0.25) is 0 Å². The van der Waals surface area contributed by atoms with Crippen molar-refractivity contribution in [3.05, 3.63) is 64.7 Å². The lowest BCUT2D eigenvalue weighted by molar-refractivity contribution is -0.160. The van der Waals surface area contributed by atoms with Crippen molar-refractivity contribution < 1.29 is 32.2 Å². The van der Waals surface area contributed by atoms with Crippen molar-refractivity contribution in [2.24, 2.45) is 0 Å². The quantitative estimate of drug-likeness (QED) is 0.431. The predicted octanol–water partition coefficient (Wildman–Crippen LogP) is 4.67. The fourth-order valence-electron chi connectivity index (χ4n) is 3.44. The van der Waals surface area contributed by atoms with E-state index in [1.807, 2.05) is 0 Å². The molecule has 0 unspecified atom stereocenters. The smallest absolute Gasteiger partial charge is 0.420 e. The summed E-state index contributed by atoms with van der Waals surface area (Å²) in [7, 11) is 0. The highest BCUT2D eigenvalue weighted by Crippen LogP contribution is 2.40. The molecule has 2 amide bonds. The lowest BCUT2D eigenvalue weighted by Gasteiger charge is -2.38. The molecule has 12 heteroatoms. The Hall–Kier alpha value is -4.06. The Morgan fingerprint density at radius 1 is 1.14 bits per heavy atom. The van der Waals surface area contributed by atoms with E-state index in [0.717, 1.165) is 6.07 Å². The molecule has 3 heterocycles. The van der Waals surface area contributed by atoms with Crippen molar-refractivity contribution in [2.45, 2.75) is 25.6 Å². The molecular formula is C24H23F3N4O5. The number of nitrogens with zero attached hydrogens (tertiary/aromatic N) is 1. The van der Waals surface area contributed by atoms with Crippen LogP contribution in [-0.4, -0.2) is 41.4 Å². The third-order valence-corrected chi connectivity index (χ3v) is 5.20. The number of urea groups is 1. The summed E-state index contributed by atoms with van der Waals surface area (Å²) < 4.78 is 56.6. The number of amides is 2. The van der Waals surface area contributed by atoms with Crippen LogP contribution in [0, 0.1) is 0 Å². The minimum absolute atomic E-state index is 0.0662. The number of aromatic amines is 1. The van der Waals surface area contributed by atoms with Crippen LogP contribution in [0.3, 0.4) is 0 Å². The van der Waals surface area contributed by atoms with Gasteiger partial charge in [-0.1, -0.05) is 0 Å². The van der Waals surface area contributed by atoms with Gasteiger partial charge in [0, 0.05) is 17.4 Å². The maximum atomic E-state index is 13.6. The Bertz CT molecular complexity index is 1300. The van der Waals surface area contributed by atoms with E-state index in [1.165, 1.54) is 24.5 Å². The van der Waals surface area contributed by atoms with E-state index in [4.69, 9.17) is 14.2 Å². The average Bonchev–Trinajstić information content (AvgIpc) is 2.80. The number of rotatable bonds is 7.